The van der Waals surface area contributed by atoms with E-state index in [0.717, 1.165) is 23.1 Å². The van der Waals surface area contributed by atoms with Crippen molar-refractivity contribution in [3.8, 4) is 0 Å². The summed E-state index contributed by atoms with van der Waals surface area (Å²) in [6.07, 6.45) is 2.85. The van der Waals surface area contributed by atoms with Crippen molar-refractivity contribution in [2.45, 2.75) is 88.6 Å². The quantitative estimate of drug-likeness (QED) is 0.382. The lowest BCUT2D eigenvalue weighted by molar-refractivity contribution is -0.151. The van der Waals surface area contributed by atoms with E-state index in [-0.39, 0.29) is 37.3 Å². The summed E-state index contributed by atoms with van der Waals surface area (Å²) in [6.45, 7) is 5.70. The van der Waals surface area contributed by atoms with Crippen molar-refractivity contribution in [1.82, 2.24) is 15.1 Å². The van der Waals surface area contributed by atoms with Crippen LogP contribution in [0, 0.1) is 5.92 Å². The van der Waals surface area contributed by atoms with Crippen LogP contribution in [0.25, 0.3) is 0 Å². The van der Waals surface area contributed by atoms with Gasteiger partial charge in [-0.15, -0.1) is 0 Å². The highest BCUT2D eigenvalue weighted by molar-refractivity contribution is 6.30. The highest BCUT2D eigenvalue weighted by atomic mass is 35.5. The van der Waals surface area contributed by atoms with Gasteiger partial charge in [-0.25, -0.2) is 0 Å². The maximum atomic E-state index is 14.3. The fraction of sp³-hybridized carbons (Fsp3) is 0.529. The Morgan fingerprint density at radius 2 is 1.82 bits per heavy atom. The number of hydrogen-bond donors (Lipinski definition) is 3. The van der Waals surface area contributed by atoms with Crippen LogP contribution in [0.4, 0.5) is 0 Å². The highest BCUT2D eigenvalue weighted by Gasteiger charge is 2.50. The first-order valence-corrected chi connectivity index (χ1v) is 16.1. The van der Waals surface area contributed by atoms with Gasteiger partial charge < -0.3 is 25.8 Å². The summed E-state index contributed by atoms with van der Waals surface area (Å²) in [4.78, 5) is 56.7. The van der Waals surface area contributed by atoms with E-state index >= 15 is 0 Å². The molecule has 2 aromatic carbocycles. The van der Waals surface area contributed by atoms with Gasteiger partial charge in [-0.05, 0) is 87.6 Å². The maximum Gasteiger partial charge on any atom is 0.304 e. The van der Waals surface area contributed by atoms with E-state index in [1.807, 2.05) is 36.4 Å². The van der Waals surface area contributed by atoms with Crippen molar-refractivity contribution in [1.29, 1.82) is 0 Å². The number of aryl methyl sites for hydroxylation is 1. The van der Waals surface area contributed by atoms with Crippen molar-refractivity contribution < 1.29 is 29.0 Å². The normalized spacial score (nSPS) is 25.4. The third-order valence-corrected chi connectivity index (χ3v) is 9.78. The first-order chi connectivity index (χ1) is 21.3. The largest absolute Gasteiger partial charge is 0.481 e. The molecular weight excluding hydrogens is 596 g/mol. The van der Waals surface area contributed by atoms with Gasteiger partial charge in [-0.2, -0.15) is 0 Å². The molecule has 0 radical (unpaired) electrons. The van der Waals surface area contributed by atoms with Gasteiger partial charge in [0.15, 0.2) is 0 Å². The number of rotatable bonds is 9. The van der Waals surface area contributed by atoms with E-state index in [4.69, 9.17) is 22.1 Å². The second-order valence-corrected chi connectivity index (χ2v) is 13.7. The van der Waals surface area contributed by atoms with Crippen LogP contribution < -0.4 is 11.1 Å². The molecule has 0 saturated carbocycles. The number of fused-ring (bicyclic) bond motifs is 1. The third kappa shape index (κ3) is 7.03. The Labute approximate surface area is 269 Å². The number of nitrogens with zero attached hydrogens (tertiary/aromatic N) is 2. The summed E-state index contributed by atoms with van der Waals surface area (Å²) in [5, 5.41) is 13.7. The lowest BCUT2D eigenvalue weighted by atomic mass is 9.80. The summed E-state index contributed by atoms with van der Waals surface area (Å²) in [6, 6.07) is 13.6. The van der Waals surface area contributed by atoms with Crippen LogP contribution in [0.2, 0.25) is 5.02 Å². The number of hydrogen-bond acceptors (Lipinski definition) is 6. The van der Waals surface area contributed by atoms with E-state index in [1.54, 1.807) is 37.8 Å². The van der Waals surface area contributed by atoms with Crippen LogP contribution in [0.3, 0.4) is 0 Å². The molecule has 5 rings (SSSR count). The first kappa shape index (κ1) is 32.9. The van der Waals surface area contributed by atoms with Crippen LogP contribution in [0.15, 0.2) is 48.5 Å². The minimum atomic E-state index is -1.02. The molecule has 2 aromatic rings. The number of carboxylic acids is 1. The molecule has 1 aliphatic carbocycles. The molecule has 2 aliphatic heterocycles. The zero-order chi connectivity index (χ0) is 32.5. The Balaban J connectivity index is 1.44. The van der Waals surface area contributed by atoms with Crippen LogP contribution in [0.1, 0.15) is 69.1 Å². The number of carboxylic acid groups (broad SMARTS) is 1. The lowest BCUT2D eigenvalue weighted by Gasteiger charge is -2.45. The van der Waals surface area contributed by atoms with Gasteiger partial charge in [0, 0.05) is 18.1 Å². The molecule has 0 unspecified atom stereocenters. The number of carbonyl (C=O) groups is 4. The van der Waals surface area contributed by atoms with Crippen molar-refractivity contribution in [3.05, 3.63) is 70.2 Å². The molecule has 3 amide bonds. The molecule has 0 spiro atoms. The molecule has 11 heteroatoms. The number of amides is 3. The Kier molecular flexibility index (Phi) is 9.58. The SMILES string of the molecule is C[C@H](N)C(=O)N1[C@H](C(=O)N[C@@]2(Cc3ccc(Cl)cc3)CCCN(C(=O)[C@@H](CC(=O)O)[C@H]3CCc4ccccc43)C2)COC1(C)C. The van der Waals surface area contributed by atoms with E-state index in [1.165, 1.54) is 4.90 Å². The van der Waals surface area contributed by atoms with Crippen LogP contribution in [-0.4, -0.2) is 81.6 Å². The van der Waals surface area contributed by atoms with Gasteiger partial charge >= 0.3 is 5.97 Å². The van der Waals surface area contributed by atoms with Gasteiger partial charge in [-0.3, -0.25) is 24.1 Å². The Hall–Kier alpha value is -3.47. The smallest absolute Gasteiger partial charge is 0.304 e. The molecule has 242 valence electrons. The minimum Gasteiger partial charge on any atom is -0.481 e. The van der Waals surface area contributed by atoms with Gasteiger partial charge in [0.25, 0.3) is 0 Å². The number of nitrogens with two attached hydrogens (primary N) is 1. The molecule has 2 heterocycles. The number of aliphatic carboxylic acids is 1. The molecule has 4 N–H and O–H groups in total. The molecule has 3 aliphatic rings. The first-order valence-electron chi connectivity index (χ1n) is 15.7. The number of ether oxygens (including phenoxy) is 1. The van der Waals surface area contributed by atoms with Crippen LogP contribution >= 0.6 is 11.6 Å². The van der Waals surface area contributed by atoms with E-state index in [0.29, 0.717) is 37.3 Å². The standard InChI is InChI=1S/C34H43ClN4O6/c1-21(36)31(43)39-28(19-45-33(39,2)3)30(42)37-34(18-22-9-12-24(35)13-10-22)15-6-16-38(20-34)32(44)27(17-29(40)41)26-14-11-23-7-4-5-8-25(23)26/h4-5,7-10,12-13,21,26-28H,6,11,14-20,36H2,1-3H3,(H,37,42)(H,40,41)/t21-,26-,27-,28-,34+/m0/s1. The zero-order valence-corrected chi connectivity index (χ0v) is 26.9. The Morgan fingerprint density at radius 1 is 1.11 bits per heavy atom. The van der Waals surface area contributed by atoms with Crippen LogP contribution in [0.5, 0.6) is 0 Å². The van der Waals surface area contributed by atoms with Gasteiger partial charge in [-0.1, -0.05) is 48.0 Å². The maximum absolute atomic E-state index is 14.3. The number of piperidine rings is 1. The second-order valence-electron chi connectivity index (χ2n) is 13.3. The van der Waals surface area contributed by atoms with E-state index in [2.05, 4.69) is 5.32 Å². The van der Waals surface area contributed by atoms with Crippen molar-refractivity contribution in [3.63, 3.8) is 0 Å². The van der Waals surface area contributed by atoms with Gasteiger partial charge in [0.05, 0.1) is 30.5 Å². The summed E-state index contributed by atoms with van der Waals surface area (Å²) in [7, 11) is 0. The fourth-order valence-corrected chi connectivity index (χ4v) is 7.54. The second kappa shape index (κ2) is 13.1. The molecular formula is C34H43ClN4O6. The topological polar surface area (TPSA) is 142 Å². The van der Waals surface area contributed by atoms with Gasteiger partial charge in [0.2, 0.25) is 17.7 Å². The third-order valence-electron chi connectivity index (χ3n) is 9.53. The van der Waals surface area contributed by atoms with Crippen molar-refractivity contribution in [2.75, 3.05) is 19.7 Å². The predicted molar refractivity (Wildman–Crippen MR) is 169 cm³/mol. The van der Waals surface area contributed by atoms with Crippen molar-refractivity contribution >= 4 is 35.3 Å². The molecule has 0 bridgehead atoms. The summed E-state index contributed by atoms with van der Waals surface area (Å²) >= 11 is 6.16. The monoisotopic (exact) mass is 638 g/mol. The predicted octanol–water partition coefficient (Wildman–Crippen LogP) is 3.49. The summed E-state index contributed by atoms with van der Waals surface area (Å²) < 4.78 is 5.88. The van der Waals surface area contributed by atoms with Gasteiger partial charge in [0.1, 0.15) is 11.8 Å². The number of nitrogens with one attached hydrogen (secondary N) is 1. The number of carbonyl (C=O) groups excluding carboxylic acids is 3. The Bertz CT molecular complexity index is 1450. The van der Waals surface area contributed by atoms with E-state index < -0.39 is 41.1 Å². The number of benzene rings is 2. The molecule has 0 aromatic heterocycles. The lowest BCUT2D eigenvalue weighted by Crippen LogP contribution is -2.65. The zero-order valence-electron chi connectivity index (χ0n) is 26.1. The van der Waals surface area contributed by atoms with E-state index in [9.17, 15) is 24.3 Å². The summed E-state index contributed by atoms with van der Waals surface area (Å²) in [5.74, 6) is -2.92. The minimum absolute atomic E-state index is 0.0126. The average molecular weight is 639 g/mol. The molecule has 2 saturated heterocycles. The number of halogens is 1. The number of likely N-dealkylation sites (tertiary alicyclic amines) is 1. The molecule has 5 atom stereocenters. The molecule has 10 nitrogen and oxygen atoms in total. The summed E-state index contributed by atoms with van der Waals surface area (Å²) in [5.41, 5.74) is 7.16. The molecule has 45 heavy (non-hydrogen) atoms. The highest BCUT2D eigenvalue weighted by Crippen LogP contribution is 2.41. The fourth-order valence-electron chi connectivity index (χ4n) is 7.41. The Morgan fingerprint density at radius 3 is 2.51 bits per heavy atom. The van der Waals surface area contributed by atoms with Crippen molar-refractivity contribution in [2.24, 2.45) is 11.7 Å². The van der Waals surface area contributed by atoms with Crippen LogP contribution in [-0.2, 0) is 36.8 Å². The molecule has 2 fully saturated rings. The average Bonchev–Trinajstić information content (AvgIpc) is 3.56.